The standard InChI is InChI=1S/C21H15F5N2O3/c22-15-12(16(23)18(25)19(26)17(15)24)9-31-21(30)10-5-6-11-13(8-10)27-14-4-2-1-3-7-28(14)20(11)29/h5-6,8H,1-4,7,9H2. The molecule has 0 fully saturated rings. The van der Waals surface area contributed by atoms with E-state index in [9.17, 15) is 31.5 Å². The average Bonchev–Trinajstić information content (AvgIpc) is 3.01. The lowest BCUT2D eigenvalue weighted by Crippen LogP contribution is -2.24. The van der Waals surface area contributed by atoms with Crippen molar-refractivity contribution in [1.29, 1.82) is 0 Å². The highest BCUT2D eigenvalue weighted by molar-refractivity contribution is 5.94. The number of esters is 1. The third-order valence-corrected chi connectivity index (χ3v) is 5.20. The van der Waals surface area contributed by atoms with Crippen LogP contribution in [-0.4, -0.2) is 15.5 Å². The van der Waals surface area contributed by atoms with Crippen LogP contribution in [0.15, 0.2) is 23.0 Å². The van der Waals surface area contributed by atoms with Gasteiger partial charge in [-0.05, 0) is 31.0 Å². The largest absolute Gasteiger partial charge is 0.457 e. The van der Waals surface area contributed by atoms with Gasteiger partial charge in [0.05, 0.1) is 22.0 Å². The number of hydrogen-bond acceptors (Lipinski definition) is 4. The fourth-order valence-electron chi connectivity index (χ4n) is 3.54. The topological polar surface area (TPSA) is 61.2 Å². The summed E-state index contributed by atoms with van der Waals surface area (Å²) < 4.78 is 73.5. The van der Waals surface area contributed by atoms with Crippen molar-refractivity contribution in [3.63, 3.8) is 0 Å². The highest BCUT2D eigenvalue weighted by Crippen LogP contribution is 2.24. The van der Waals surface area contributed by atoms with Crippen LogP contribution < -0.4 is 5.56 Å². The van der Waals surface area contributed by atoms with Gasteiger partial charge in [-0.3, -0.25) is 9.36 Å². The van der Waals surface area contributed by atoms with E-state index < -0.39 is 47.2 Å². The molecule has 2 aromatic carbocycles. The van der Waals surface area contributed by atoms with E-state index in [1.807, 2.05) is 0 Å². The molecule has 1 aliphatic rings. The second-order valence-electron chi connectivity index (χ2n) is 7.15. The quantitative estimate of drug-likeness (QED) is 0.267. The van der Waals surface area contributed by atoms with Crippen LogP contribution in [-0.2, 0) is 24.3 Å². The van der Waals surface area contributed by atoms with Crippen molar-refractivity contribution in [2.45, 2.75) is 38.8 Å². The predicted molar refractivity (Wildman–Crippen MR) is 98.9 cm³/mol. The number of halogens is 5. The van der Waals surface area contributed by atoms with Gasteiger partial charge in [0.15, 0.2) is 23.3 Å². The molecule has 2 heterocycles. The molecule has 0 amide bonds. The summed E-state index contributed by atoms with van der Waals surface area (Å²) in [5.74, 6) is -11.2. The van der Waals surface area contributed by atoms with Crippen LogP contribution in [0.3, 0.4) is 0 Å². The molecular formula is C21H15F5N2O3. The summed E-state index contributed by atoms with van der Waals surface area (Å²) in [6, 6.07) is 3.96. The van der Waals surface area contributed by atoms with Crippen molar-refractivity contribution >= 4 is 16.9 Å². The van der Waals surface area contributed by atoms with Crippen LogP contribution in [0.2, 0.25) is 0 Å². The Kier molecular flexibility index (Phi) is 5.47. The number of aromatic nitrogens is 2. The van der Waals surface area contributed by atoms with Gasteiger partial charge in [-0.2, -0.15) is 0 Å². The molecule has 1 aromatic heterocycles. The minimum absolute atomic E-state index is 0.0816. The Morgan fingerprint density at radius 2 is 1.65 bits per heavy atom. The first-order valence-corrected chi connectivity index (χ1v) is 9.50. The molecule has 3 aromatic rings. The molecule has 31 heavy (non-hydrogen) atoms. The summed E-state index contributed by atoms with van der Waals surface area (Å²) in [4.78, 5) is 29.5. The van der Waals surface area contributed by atoms with Gasteiger partial charge in [0.1, 0.15) is 12.4 Å². The van der Waals surface area contributed by atoms with Gasteiger partial charge in [-0.1, -0.05) is 6.42 Å². The fourth-order valence-corrected chi connectivity index (χ4v) is 3.54. The number of rotatable bonds is 3. The number of aryl methyl sites for hydroxylation is 1. The molecule has 1 aliphatic heterocycles. The maximum atomic E-state index is 13.7. The van der Waals surface area contributed by atoms with Crippen LogP contribution in [0.5, 0.6) is 0 Å². The van der Waals surface area contributed by atoms with Gasteiger partial charge in [0.25, 0.3) is 5.56 Å². The van der Waals surface area contributed by atoms with Crippen molar-refractivity contribution in [2.24, 2.45) is 0 Å². The van der Waals surface area contributed by atoms with Crippen molar-refractivity contribution < 1.29 is 31.5 Å². The molecule has 0 aliphatic carbocycles. The Morgan fingerprint density at radius 1 is 0.968 bits per heavy atom. The summed E-state index contributed by atoms with van der Waals surface area (Å²) >= 11 is 0. The maximum Gasteiger partial charge on any atom is 0.338 e. The number of ether oxygens (including phenoxy) is 1. The smallest absolute Gasteiger partial charge is 0.338 e. The molecular weight excluding hydrogens is 423 g/mol. The Labute approximate surface area is 172 Å². The predicted octanol–water partition coefficient (Wildman–Crippen LogP) is 4.18. The SMILES string of the molecule is O=C(OCc1c(F)c(F)c(F)c(F)c1F)c1ccc2c(=O)n3c(nc2c1)CCCCC3. The highest BCUT2D eigenvalue weighted by atomic mass is 19.2. The molecule has 10 heteroatoms. The Hall–Kier alpha value is -3.30. The Morgan fingerprint density at radius 3 is 2.35 bits per heavy atom. The van der Waals surface area contributed by atoms with E-state index in [0.717, 1.165) is 19.3 Å². The molecule has 162 valence electrons. The van der Waals surface area contributed by atoms with Crippen molar-refractivity contribution in [3.8, 4) is 0 Å². The lowest BCUT2D eigenvalue weighted by molar-refractivity contribution is 0.0462. The highest BCUT2D eigenvalue weighted by Gasteiger charge is 2.26. The van der Waals surface area contributed by atoms with Crippen LogP contribution >= 0.6 is 0 Å². The zero-order chi connectivity index (χ0) is 22.3. The zero-order valence-electron chi connectivity index (χ0n) is 16.0. The molecule has 0 radical (unpaired) electrons. The minimum atomic E-state index is -2.30. The molecule has 0 spiro atoms. The summed E-state index contributed by atoms with van der Waals surface area (Å²) in [5.41, 5.74) is -1.32. The number of carbonyl (C=O) groups excluding carboxylic acids is 1. The number of carbonyl (C=O) groups is 1. The summed E-state index contributed by atoms with van der Waals surface area (Å²) in [6.07, 6.45) is 3.32. The Bertz CT molecular complexity index is 1240. The van der Waals surface area contributed by atoms with Gasteiger partial charge < -0.3 is 4.74 Å². The maximum absolute atomic E-state index is 13.7. The van der Waals surface area contributed by atoms with Gasteiger partial charge in [0, 0.05) is 13.0 Å². The zero-order valence-corrected chi connectivity index (χ0v) is 16.0. The van der Waals surface area contributed by atoms with Gasteiger partial charge in [-0.25, -0.2) is 31.7 Å². The molecule has 5 nitrogen and oxygen atoms in total. The number of nitrogens with zero attached hydrogens (tertiary/aromatic N) is 2. The first-order chi connectivity index (χ1) is 14.8. The van der Waals surface area contributed by atoms with Crippen LogP contribution in [0.4, 0.5) is 22.0 Å². The second-order valence-corrected chi connectivity index (χ2v) is 7.15. The summed E-state index contributed by atoms with van der Waals surface area (Å²) in [5, 5.41) is 0.293. The van der Waals surface area contributed by atoms with Gasteiger partial charge in [0.2, 0.25) is 5.82 Å². The monoisotopic (exact) mass is 438 g/mol. The Balaban J connectivity index is 1.63. The van der Waals surface area contributed by atoms with E-state index in [1.165, 1.54) is 18.2 Å². The number of benzene rings is 2. The van der Waals surface area contributed by atoms with Crippen molar-refractivity contribution in [3.05, 3.63) is 74.6 Å². The van der Waals surface area contributed by atoms with E-state index in [2.05, 4.69) is 4.98 Å². The fraction of sp³-hybridized carbons (Fsp3) is 0.286. The minimum Gasteiger partial charge on any atom is -0.457 e. The third-order valence-electron chi connectivity index (χ3n) is 5.20. The first kappa shape index (κ1) is 21.0. The van der Waals surface area contributed by atoms with E-state index in [0.29, 0.717) is 24.2 Å². The van der Waals surface area contributed by atoms with Crippen LogP contribution in [0.25, 0.3) is 10.9 Å². The second kappa shape index (κ2) is 8.09. The normalized spacial score (nSPS) is 13.7. The average molecular weight is 438 g/mol. The third kappa shape index (κ3) is 3.66. The molecule has 0 N–H and O–H groups in total. The van der Waals surface area contributed by atoms with Crippen LogP contribution in [0, 0.1) is 29.1 Å². The molecule has 0 bridgehead atoms. The molecule has 0 unspecified atom stereocenters. The summed E-state index contributed by atoms with van der Waals surface area (Å²) in [7, 11) is 0. The van der Waals surface area contributed by atoms with Crippen molar-refractivity contribution in [1.82, 2.24) is 9.55 Å². The van der Waals surface area contributed by atoms with E-state index >= 15 is 0 Å². The van der Waals surface area contributed by atoms with E-state index in [-0.39, 0.29) is 16.6 Å². The molecule has 4 rings (SSSR count). The van der Waals surface area contributed by atoms with Crippen LogP contribution in [0.1, 0.15) is 41.0 Å². The first-order valence-electron chi connectivity index (χ1n) is 9.50. The molecule has 0 saturated carbocycles. The molecule has 0 atom stereocenters. The van der Waals surface area contributed by atoms with Gasteiger partial charge in [-0.15, -0.1) is 0 Å². The lowest BCUT2D eigenvalue weighted by Gasteiger charge is -2.11. The van der Waals surface area contributed by atoms with Gasteiger partial charge >= 0.3 is 5.97 Å². The van der Waals surface area contributed by atoms with Crippen molar-refractivity contribution in [2.75, 3.05) is 0 Å². The van der Waals surface area contributed by atoms with E-state index in [4.69, 9.17) is 4.74 Å². The lowest BCUT2D eigenvalue weighted by atomic mass is 10.1. The number of hydrogen-bond donors (Lipinski definition) is 0. The van der Waals surface area contributed by atoms with E-state index in [1.54, 1.807) is 4.57 Å². The molecule has 0 saturated heterocycles. The summed E-state index contributed by atoms with van der Waals surface area (Å²) in [6.45, 7) is -0.605. The number of fused-ring (bicyclic) bond motifs is 2.